The van der Waals surface area contributed by atoms with Crippen molar-refractivity contribution in [3.63, 3.8) is 0 Å². The number of benzene rings is 1. The van der Waals surface area contributed by atoms with Crippen LogP contribution < -0.4 is 10.6 Å². The molecular weight excluding hydrogens is 256 g/mol. The lowest BCUT2D eigenvalue weighted by atomic mass is 10.0. The van der Waals surface area contributed by atoms with E-state index in [1.165, 1.54) is 0 Å². The maximum Gasteiger partial charge on any atom is 0.315 e. The van der Waals surface area contributed by atoms with Gasteiger partial charge in [-0.2, -0.15) is 4.98 Å². The van der Waals surface area contributed by atoms with E-state index in [1.54, 1.807) is 6.92 Å². The molecule has 0 saturated heterocycles. The van der Waals surface area contributed by atoms with E-state index in [4.69, 9.17) is 4.52 Å². The molecular formula is C14H18N4O2. The van der Waals surface area contributed by atoms with Crippen LogP contribution in [0.5, 0.6) is 0 Å². The van der Waals surface area contributed by atoms with E-state index < -0.39 is 0 Å². The average molecular weight is 274 g/mol. The smallest absolute Gasteiger partial charge is 0.315 e. The van der Waals surface area contributed by atoms with Gasteiger partial charge in [0.1, 0.15) is 0 Å². The van der Waals surface area contributed by atoms with Gasteiger partial charge in [0.25, 0.3) is 0 Å². The number of aromatic nitrogens is 2. The lowest BCUT2D eigenvalue weighted by Crippen LogP contribution is -2.36. The summed E-state index contributed by atoms with van der Waals surface area (Å²) in [5, 5.41) is 9.22. The predicted molar refractivity (Wildman–Crippen MR) is 74.0 cm³/mol. The zero-order chi connectivity index (χ0) is 14.5. The second-order valence-electron chi connectivity index (χ2n) is 4.64. The van der Waals surface area contributed by atoms with Crippen LogP contribution in [-0.4, -0.2) is 16.2 Å². The number of hydrogen-bond acceptors (Lipinski definition) is 4. The van der Waals surface area contributed by atoms with Crippen LogP contribution in [0.3, 0.4) is 0 Å². The van der Waals surface area contributed by atoms with Crippen LogP contribution >= 0.6 is 0 Å². The molecule has 0 bridgehead atoms. The van der Waals surface area contributed by atoms with Crippen molar-refractivity contribution in [2.45, 2.75) is 33.4 Å². The van der Waals surface area contributed by atoms with Crippen molar-refractivity contribution in [1.29, 1.82) is 0 Å². The van der Waals surface area contributed by atoms with Gasteiger partial charge < -0.3 is 15.2 Å². The topological polar surface area (TPSA) is 80.0 Å². The molecule has 0 spiro atoms. The summed E-state index contributed by atoms with van der Waals surface area (Å²) in [6.07, 6.45) is 0. The number of urea groups is 1. The number of rotatable bonds is 4. The molecule has 106 valence electrons. The van der Waals surface area contributed by atoms with Crippen LogP contribution in [0, 0.1) is 13.8 Å². The second-order valence-corrected chi connectivity index (χ2v) is 4.64. The van der Waals surface area contributed by atoms with Crippen LogP contribution in [-0.2, 0) is 6.54 Å². The minimum atomic E-state index is -0.267. The lowest BCUT2D eigenvalue weighted by Gasteiger charge is -2.16. The minimum absolute atomic E-state index is 0.0689. The normalized spacial score (nSPS) is 11.9. The molecule has 6 nitrogen and oxygen atoms in total. The van der Waals surface area contributed by atoms with Crippen LogP contribution in [0.2, 0.25) is 0 Å². The highest BCUT2D eigenvalue weighted by atomic mass is 16.5. The molecule has 1 atom stereocenters. The maximum absolute atomic E-state index is 11.8. The summed E-state index contributed by atoms with van der Waals surface area (Å²) in [5.41, 5.74) is 2.24. The highest BCUT2D eigenvalue weighted by Crippen LogP contribution is 2.16. The predicted octanol–water partition coefficient (Wildman–Crippen LogP) is 2.25. The third-order valence-corrected chi connectivity index (χ3v) is 2.97. The number of nitrogens with one attached hydrogen (secondary N) is 2. The Hall–Kier alpha value is -2.37. The fourth-order valence-corrected chi connectivity index (χ4v) is 1.97. The van der Waals surface area contributed by atoms with Gasteiger partial charge in [0.2, 0.25) is 5.89 Å². The molecule has 0 aliphatic carbocycles. The Kier molecular flexibility index (Phi) is 4.34. The quantitative estimate of drug-likeness (QED) is 0.896. The molecule has 2 rings (SSSR count). The summed E-state index contributed by atoms with van der Waals surface area (Å²) in [6.45, 7) is 5.91. The van der Waals surface area contributed by atoms with Gasteiger partial charge in [0.05, 0.1) is 12.6 Å². The summed E-state index contributed by atoms with van der Waals surface area (Å²) in [6, 6.07) is 7.62. The molecule has 0 radical (unpaired) electrons. The van der Waals surface area contributed by atoms with Gasteiger partial charge in [-0.15, -0.1) is 0 Å². The van der Waals surface area contributed by atoms with Crippen molar-refractivity contribution in [1.82, 2.24) is 20.8 Å². The zero-order valence-electron chi connectivity index (χ0n) is 11.8. The van der Waals surface area contributed by atoms with Crippen molar-refractivity contribution >= 4 is 6.03 Å². The lowest BCUT2D eigenvalue weighted by molar-refractivity contribution is 0.235. The third kappa shape index (κ3) is 3.57. The first-order chi connectivity index (χ1) is 9.56. The van der Waals surface area contributed by atoms with Gasteiger partial charge >= 0.3 is 6.03 Å². The number of carbonyl (C=O) groups is 1. The van der Waals surface area contributed by atoms with Crippen LogP contribution in [0.4, 0.5) is 4.79 Å². The first-order valence-electron chi connectivity index (χ1n) is 6.45. The molecule has 0 aliphatic heterocycles. The number of amides is 2. The molecule has 6 heteroatoms. The molecule has 2 N–H and O–H groups in total. The van der Waals surface area contributed by atoms with Crippen molar-refractivity contribution < 1.29 is 9.32 Å². The molecule has 1 aromatic heterocycles. The fraction of sp³-hybridized carbons (Fsp3) is 0.357. The largest absolute Gasteiger partial charge is 0.337 e. The number of nitrogens with zero attached hydrogens (tertiary/aromatic N) is 2. The first kappa shape index (κ1) is 14.0. The molecule has 1 heterocycles. The molecule has 0 aliphatic rings. The van der Waals surface area contributed by atoms with Crippen molar-refractivity contribution in [2.75, 3.05) is 0 Å². The monoisotopic (exact) mass is 274 g/mol. The number of aryl methyl sites for hydroxylation is 2. The molecule has 20 heavy (non-hydrogen) atoms. The summed E-state index contributed by atoms with van der Waals surface area (Å²) in [4.78, 5) is 15.8. The third-order valence-electron chi connectivity index (χ3n) is 2.97. The van der Waals surface area contributed by atoms with E-state index in [2.05, 4.69) is 20.8 Å². The van der Waals surface area contributed by atoms with E-state index in [0.717, 1.165) is 11.1 Å². The molecule has 2 aromatic rings. The molecule has 1 unspecified atom stereocenters. The van der Waals surface area contributed by atoms with Gasteiger partial charge in [-0.05, 0) is 31.9 Å². The Bertz CT molecular complexity index is 594. The Labute approximate surface area is 117 Å². The van der Waals surface area contributed by atoms with Gasteiger partial charge in [-0.3, -0.25) is 0 Å². The summed E-state index contributed by atoms with van der Waals surface area (Å²) < 4.78 is 4.92. The van der Waals surface area contributed by atoms with E-state index >= 15 is 0 Å². The Morgan fingerprint density at radius 3 is 2.75 bits per heavy atom. The summed E-state index contributed by atoms with van der Waals surface area (Å²) in [7, 11) is 0. The molecule has 1 aromatic carbocycles. The van der Waals surface area contributed by atoms with Gasteiger partial charge in [0.15, 0.2) is 5.82 Å². The number of hydrogen-bond donors (Lipinski definition) is 2. The molecule has 0 fully saturated rings. The highest BCUT2D eigenvalue weighted by Gasteiger charge is 2.11. The Balaban J connectivity index is 1.87. The van der Waals surface area contributed by atoms with E-state index in [9.17, 15) is 4.79 Å². The highest BCUT2D eigenvalue weighted by molar-refractivity contribution is 5.74. The molecule has 2 amide bonds. The summed E-state index contributed by atoms with van der Waals surface area (Å²) in [5.74, 6) is 0.941. The van der Waals surface area contributed by atoms with Crippen molar-refractivity contribution in [3.8, 4) is 0 Å². The standard InChI is InChI=1S/C14H18N4O2/c1-9-6-4-5-7-12(9)10(2)16-14(19)15-8-13-17-11(3)18-20-13/h4-7,10H,8H2,1-3H3,(H2,15,16,19). The zero-order valence-corrected chi connectivity index (χ0v) is 11.8. The second kappa shape index (κ2) is 6.18. The van der Waals surface area contributed by atoms with Gasteiger partial charge in [0, 0.05) is 0 Å². The maximum atomic E-state index is 11.8. The minimum Gasteiger partial charge on any atom is -0.337 e. The van der Waals surface area contributed by atoms with Crippen LogP contribution in [0.15, 0.2) is 28.8 Å². The van der Waals surface area contributed by atoms with E-state index in [-0.39, 0.29) is 18.6 Å². The SMILES string of the molecule is Cc1noc(CNC(=O)NC(C)c2ccccc2C)n1. The average Bonchev–Trinajstić information content (AvgIpc) is 2.82. The summed E-state index contributed by atoms with van der Waals surface area (Å²) >= 11 is 0. The Morgan fingerprint density at radius 2 is 2.10 bits per heavy atom. The van der Waals surface area contributed by atoms with Crippen molar-refractivity contribution in [3.05, 3.63) is 47.1 Å². The number of carbonyl (C=O) groups excluding carboxylic acids is 1. The van der Waals surface area contributed by atoms with Crippen LogP contribution in [0.1, 0.15) is 35.8 Å². The van der Waals surface area contributed by atoms with Gasteiger partial charge in [-0.1, -0.05) is 29.4 Å². The van der Waals surface area contributed by atoms with Gasteiger partial charge in [-0.25, -0.2) is 4.79 Å². The fourth-order valence-electron chi connectivity index (χ4n) is 1.97. The Morgan fingerprint density at radius 1 is 1.35 bits per heavy atom. The van der Waals surface area contributed by atoms with E-state index in [0.29, 0.717) is 11.7 Å². The van der Waals surface area contributed by atoms with Crippen LogP contribution in [0.25, 0.3) is 0 Å². The molecule has 0 saturated carbocycles. The van der Waals surface area contributed by atoms with E-state index in [1.807, 2.05) is 38.1 Å². The van der Waals surface area contributed by atoms with Crippen molar-refractivity contribution in [2.24, 2.45) is 0 Å². The first-order valence-corrected chi connectivity index (χ1v) is 6.45.